The molecule has 1 fully saturated rings. The molecule has 1 heterocycles. The lowest BCUT2D eigenvalue weighted by atomic mass is 9.94. The standard InChI is InChI=1S/C24H27NO5/c1-15(2)30-18-7-4-16(5-8-18)17-6-9-21-19(14-17)20(10-13-29-21)25-22(26)24(11-12-24)23(27)28-3/h4-9,14-15,20H,10-13H2,1-3H3,(H,25,26). The van der Waals surface area contributed by atoms with Crippen LogP contribution in [0.5, 0.6) is 11.5 Å². The van der Waals surface area contributed by atoms with Crippen LogP contribution in [0.15, 0.2) is 42.5 Å². The number of fused-ring (bicyclic) bond motifs is 1. The van der Waals surface area contributed by atoms with Crippen LogP contribution in [-0.2, 0) is 14.3 Å². The highest BCUT2D eigenvalue weighted by atomic mass is 16.5. The molecular formula is C24H27NO5. The van der Waals surface area contributed by atoms with E-state index in [1.165, 1.54) is 7.11 Å². The quantitative estimate of drug-likeness (QED) is 0.576. The van der Waals surface area contributed by atoms with Crippen LogP contribution < -0.4 is 14.8 Å². The summed E-state index contributed by atoms with van der Waals surface area (Å²) >= 11 is 0. The smallest absolute Gasteiger partial charge is 0.321 e. The van der Waals surface area contributed by atoms with Crippen molar-refractivity contribution in [2.75, 3.05) is 13.7 Å². The molecule has 1 atom stereocenters. The van der Waals surface area contributed by atoms with E-state index in [4.69, 9.17) is 14.2 Å². The van der Waals surface area contributed by atoms with Gasteiger partial charge in [-0.05, 0) is 62.1 Å². The Labute approximate surface area is 176 Å². The van der Waals surface area contributed by atoms with Crippen molar-refractivity contribution in [1.82, 2.24) is 5.32 Å². The van der Waals surface area contributed by atoms with Crippen molar-refractivity contribution in [3.8, 4) is 22.6 Å². The Bertz CT molecular complexity index is 947. The van der Waals surface area contributed by atoms with Gasteiger partial charge >= 0.3 is 5.97 Å². The van der Waals surface area contributed by atoms with Crippen LogP contribution >= 0.6 is 0 Å². The van der Waals surface area contributed by atoms with Crippen molar-refractivity contribution in [3.63, 3.8) is 0 Å². The summed E-state index contributed by atoms with van der Waals surface area (Å²) in [6.45, 7) is 4.51. The summed E-state index contributed by atoms with van der Waals surface area (Å²) in [4.78, 5) is 24.9. The van der Waals surface area contributed by atoms with Gasteiger partial charge in [0, 0.05) is 12.0 Å². The predicted octanol–water partition coefficient (Wildman–Crippen LogP) is 4.03. The minimum absolute atomic E-state index is 0.126. The first kappa shape index (κ1) is 20.3. The van der Waals surface area contributed by atoms with Crippen molar-refractivity contribution in [2.24, 2.45) is 5.41 Å². The summed E-state index contributed by atoms with van der Waals surface area (Å²) in [5.41, 5.74) is 1.99. The van der Waals surface area contributed by atoms with Gasteiger partial charge in [-0.25, -0.2) is 0 Å². The molecule has 1 amide bonds. The van der Waals surface area contributed by atoms with Crippen LogP contribution in [0.3, 0.4) is 0 Å². The fourth-order valence-electron chi connectivity index (χ4n) is 3.86. The third-order valence-electron chi connectivity index (χ3n) is 5.67. The minimum Gasteiger partial charge on any atom is -0.493 e. The summed E-state index contributed by atoms with van der Waals surface area (Å²) in [6, 6.07) is 13.8. The number of hydrogen-bond donors (Lipinski definition) is 1. The second-order valence-electron chi connectivity index (χ2n) is 8.18. The van der Waals surface area contributed by atoms with Crippen molar-refractivity contribution >= 4 is 11.9 Å². The zero-order valence-electron chi connectivity index (χ0n) is 17.6. The van der Waals surface area contributed by atoms with E-state index in [9.17, 15) is 9.59 Å². The zero-order valence-corrected chi connectivity index (χ0v) is 17.6. The number of esters is 1. The third kappa shape index (κ3) is 3.86. The molecule has 0 saturated heterocycles. The Balaban J connectivity index is 1.56. The minimum atomic E-state index is -1.02. The van der Waals surface area contributed by atoms with Gasteiger partial charge in [-0.3, -0.25) is 9.59 Å². The topological polar surface area (TPSA) is 73.9 Å². The second kappa shape index (κ2) is 8.01. The van der Waals surface area contributed by atoms with Gasteiger partial charge in [0.1, 0.15) is 16.9 Å². The highest BCUT2D eigenvalue weighted by Gasteiger charge is 2.58. The van der Waals surface area contributed by atoms with Crippen molar-refractivity contribution in [3.05, 3.63) is 48.0 Å². The van der Waals surface area contributed by atoms with Gasteiger partial charge in [-0.15, -0.1) is 0 Å². The van der Waals surface area contributed by atoms with E-state index < -0.39 is 11.4 Å². The Hall–Kier alpha value is -3.02. The maximum absolute atomic E-state index is 12.8. The van der Waals surface area contributed by atoms with E-state index >= 15 is 0 Å². The highest BCUT2D eigenvalue weighted by Crippen LogP contribution is 2.48. The molecule has 1 N–H and O–H groups in total. The number of benzene rings is 2. The lowest BCUT2D eigenvalue weighted by molar-refractivity contribution is -0.152. The van der Waals surface area contributed by atoms with Gasteiger partial charge in [0.05, 0.1) is 25.9 Å². The normalized spacial score (nSPS) is 18.7. The summed E-state index contributed by atoms with van der Waals surface area (Å²) in [7, 11) is 1.32. The third-order valence-corrected chi connectivity index (χ3v) is 5.67. The Morgan fingerprint density at radius 3 is 2.43 bits per heavy atom. The van der Waals surface area contributed by atoms with E-state index in [-0.39, 0.29) is 18.1 Å². The fraction of sp³-hybridized carbons (Fsp3) is 0.417. The van der Waals surface area contributed by atoms with E-state index in [1.54, 1.807) is 0 Å². The zero-order chi connectivity index (χ0) is 21.3. The van der Waals surface area contributed by atoms with Gasteiger partial charge < -0.3 is 19.5 Å². The first-order chi connectivity index (χ1) is 14.4. The summed E-state index contributed by atoms with van der Waals surface area (Å²) in [6.07, 6.45) is 1.85. The largest absolute Gasteiger partial charge is 0.493 e. The Morgan fingerprint density at radius 2 is 1.80 bits per heavy atom. The Morgan fingerprint density at radius 1 is 1.10 bits per heavy atom. The van der Waals surface area contributed by atoms with Crippen LogP contribution in [0.25, 0.3) is 11.1 Å². The van der Waals surface area contributed by atoms with Crippen LogP contribution in [0, 0.1) is 5.41 Å². The molecule has 158 valence electrons. The highest BCUT2D eigenvalue weighted by molar-refractivity contribution is 6.05. The van der Waals surface area contributed by atoms with Crippen molar-refractivity contribution < 1.29 is 23.8 Å². The molecule has 0 spiro atoms. The molecule has 1 aliphatic carbocycles. The molecule has 2 aliphatic rings. The number of methoxy groups -OCH3 is 1. The summed E-state index contributed by atoms with van der Waals surface area (Å²) < 4.78 is 16.3. The van der Waals surface area contributed by atoms with Crippen LogP contribution in [0.2, 0.25) is 0 Å². The number of hydrogen-bond acceptors (Lipinski definition) is 5. The summed E-state index contributed by atoms with van der Waals surface area (Å²) in [5, 5.41) is 3.06. The van der Waals surface area contributed by atoms with Gasteiger partial charge in [-0.2, -0.15) is 0 Å². The predicted molar refractivity (Wildman–Crippen MR) is 112 cm³/mol. The van der Waals surface area contributed by atoms with E-state index in [0.717, 1.165) is 28.2 Å². The SMILES string of the molecule is COC(=O)C1(C(=O)NC2CCOc3ccc(-c4ccc(OC(C)C)cc4)cc32)CC1. The number of ether oxygens (including phenoxy) is 3. The molecule has 1 aliphatic heterocycles. The average Bonchev–Trinajstić information content (AvgIpc) is 3.55. The first-order valence-electron chi connectivity index (χ1n) is 10.4. The van der Waals surface area contributed by atoms with Gasteiger partial charge in [-0.1, -0.05) is 18.2 Å². The molecule has 1 saturated carbocycles. The van der Waals surface area contributed by atoms with Gasteiger partial charge in [0.25, 0.3) is 0 Å². The van der Waals surface area contributed by atoms with E-state index in [2.05, 4.69) is 11.4 Å². The number of nitrogens with one attached hydrogen (secondary N) is 1. The molecule has 4 rings (SSSR count). The summed E-state index contributed by atoms with van der Waals surface area (Å²) in [5.74, 6) is 0.883. The molecule has 6 heteroatoms. The van der Waals surface area contributed by atoms with Gasteiger partial charge in [0.2, 0.25) is 5.91 Å². The van der Waals surface area contributed by atoms with Crippen LogP contribution in [0.1, 0.15) is 44.7 Å². The van der Waals surface area contributed by atoms with Crippen LogP contribution in [0.4, 0.5) is 0 Å². The van der Waals surface area contributed by atoms with E-state index in [1.807, 2.05) is 50.2 Å². The molecule has 30 heavy (non-hydrogen) atoms. The maximum atomic E-state index is 12.8. The molecule has 2 aromatic carbocycles. The molecule has 0 bridgehead atoms. The van der Waals surface area contributed by atoms with E-state index in [0.29, 0.717) is 25.9 Å². The van der Waals surface area contributed by atoms with Gasteiger partial charge in [0.15, 0.2) is 0 Å². The lowest BCUT2D eigenvalue weighted by Gasteiger charge is -2.28. The molecular weight excluding hydrogens is 382 g/mol. The Kier molecular flexibility index (Phi) is 5.41. The number of carbonyl (C=O) groups excluding carboxylic acids is 2. The molecule has 2 aromatic rings. The monoisotopic (exact) mass is 409 g/mol. The molecule has 0 aromatic heterocycles. The second-order valence-corrected chi connectivity index (χ2v) is 8.18. The molecule has 0 radical (unpaired) electrons. The number of carbonyl (C=O) groups is 2. The molecule has 1 unspecified atom stereocenters. The average molecular weight is 409 g/mol. The first-order valence-corrected chi connectivity index (χ1v) is 10.4. The maximum Gasteiger partial charge on any atom is 0.321 e. The molecule has 6 nitrogen and oxygen atoms in total. The number of amides is 1. The van der Waals surface area contributed by atoms with Crippen molar-refractivity contribution in [1.29, 1.82) is 0 Å². The fourth-order valence-corrected chi connectivity index (χ4v) is 3.86. The lowest BCUT2D eigenvalue weighted by Crippen LogP contribution is -2.41. The van der Waals surface area contributed by atoms with Crippen molar-refractivity contribution in [2.45, 2.75) is 45.3 Å². The van der Waals surface area contributed by atoms with Crippen LogP contribution in [-0.4, -0.2) is 31.7 Å². The number of rotatable bonds is 6.